The van der Waals surface area contributed by atoms with Crippen molar-refractivity contribution in [3.63, 3.8) is 0 Å². The average molecular weight is 686 g/mol. The largest absolute Gasteiger partial charge is 0.460 e. The number of nitrogens with zero attached hydrogens (tertiary/aromatic N) is 3. The summed E-state index contributed by atoms with van der Waals surface area (Å²) in [7, 11) is 0. The molecule has 0 bridgehead atoms. The molecule has 254 valence electrons. The van der Waals surface area contributed by atoms with Gasteiger partial charge in [-0.3, -0.25) is 4.99 Å². The van der Waals surface area contributed by atoms with E-state index >= 15 is 0 Å². The Morgan fingerprint density at radius 1 is 0.660 bits per heavy atom. The van der Waals surface area contributed by atoms with E-state index in [0.717, 1.165) is 92.4 Å². The molecule has 2 heterocycles. The van der Waals surface area contributed by atoms with Crippen molar-refractivity contribution < 1.29 is 8.83 Å². The minimum Gasteiger partial charge on any atom is -0.460 e. The van der Waals surface area contributed by atoms with Crippen LogP contribution >= 0.6 is 0 Å². The van der Waals surface area contributed by atoms with E-state index in [2.05, 4.69) is 121 Å². The van der Waals surface area contributed by atoms with Gasteiger partial charge in [0, 0.05) is 44.9 Å². The second kappa shape index (κ2) is 12.9. The number of aliphatic imine (C=N–C) groups is 3. The number of fused-ring (bicyclic) bond motifs is 9. The smallest absolute Gasteiger partial charge is 0.161 e. The van der Waals surface area contributed by atoms with Crippen molar-refractivity contribution in [1.29, 1.82) is 0 Å². The van der Waals surface area contributed by atoms with E-state index < -0.39 is 0 Å². The molecule has 5 nitrogen and oxygen atoms in total. The molecule has 0 fully saturated rings. The number of hydrogen-bond acceptors (Lipinski definition) is 3. The summed E-state index contributed by atoms with van der Waals surface area (Å²) >= 11 is 0. The third-order valence-electron chi connectivity index (χ3n) is 10.6. The first-order chi connectivity index (χ1) is 26.2. The Hall–Kier alpha value is -6.59. The third kappa shape index (κ3) is 5.44. The summed E-state index contributed by atoms with van der Waals surface area (Å²) in [4.78, 5) is 15.0. The van der Waals surface area contributed by atoms with Crippen LogP contribution in [0.3, 0.4) is 0 Å². The highest BCUT2D eigenvalue weighted by Crippen LogP contribution is 2.44. The zero-order valence-corrected chi connectivity index (χ0v) is 29.2. The molecule has 2 aliphatic carbocycles. The fourth-order valence-electron chi connectivity index (χ4n) is 8.09. The van der Waals surface area contributed by atoms with Gasteiger partial charge in [0.05, 0.1) is 6.54 Å². The number of rotatable bonds is 5. The molecule has 0 radical (unpaired) electrons. The average Bonchev–Trinajstić information content (AvgIpc) is 3.79. The lowest BCUT2D eigenvalue weighted by atomic mass is 9.89. The summed E-state index contributed by atoms with van der Waals surface area (Å²) in [5.74, 6) is 3.00. The van der Waals surface area contributed by atoms with Gasteiger partial charge in [-0.05, 0) is 83.1 Å². The van der Waals surface area contributed by atoms with Crippen molar-refractivity contribution in [3.8, 4) is 11.1 Å². The second-order valence-electron chi connectivity index (χ2n) is 13.8. The van der Waals surface area contributed by atoms with Gasteiger partial charge in [0.15, 0.2) is 11.7 Å². The lowest BCUT2D eigenvalue weighted by molar-refractivity contribution is 0.548. The first-order valence-corrected chi connectivity index (χ1v) is 18.2. The minimum atomic E-state index is 0.495. The van der Waals surface area contributed by atoms with Gasteiger partial charge in [-0.15, -0.1) is 0 Å². The van der Waals surface area contributed by atoms with Gasteiger partial charge in [0.25, 0.3) is 0 Å². The number of aryl methyl sites for hydroxylation is 2. The van der Waals surface area contributed by atoms with Crippen molar-refractivity contribution in [2.75, 3.05) is 0 Å². The van der Waals surface area contributed by atoms with E-state index in [4.69, 9.17) is 18.8 Å². The number of hydrogen-bond donors (Lipinski definition) is 0. The molecular weight excluding hydrogens is 651 g/mol. The number of allylic oxidation sites excluding steroid dienone is 1. The highest BCUT2D eigenvalue weighted by molar-refractivity contribution is 6.31. The van der Waals surface area contributed by atoms with Gasteiger partial charge in [-0.2, -0.15) is 0 Å². The van der Waals surface area contributed by atoms with Gasteiger partial charge in [0.2, 0.25) is 0 Å². The monoisotopic (exact) mass is 685 g/mol. The highest BCUT2D eigenvalue weighted by Gasteiger charge is 2.27. The molecular formula is C48H35N3O2. The van der Waals surface area contributed by atoms with Crippen molar-refractivity contribution >= 4 is 73.5 Å². The predicted molar refractivity (Wildman–Crippen MR) is 220 cm³/mol. The summed E-state index contributed by atoms with van der Waals surface area (Å²) in [5, 5.41) is 6.90. The summed E-state index contributed by atoms with van der Waals surface area (Å²) in [6.45, 7) is 4.55. The van der Waals surface area contributed by atoms with Gasteiger partial charge in [-0.1, -0.05) is 115 Å². The molecule has 0 amide bonds. The Morgan fingerprint density at radius 3 is 2.30 bits per heavy atom. The number of furan rings is 2. The van der Waals surface area contributed by atoms with Gasteiger partial charge in [0.1, 0.15) is 22.7 Å². The lowest BCUT2D eigenvalue weighted by Crippen LogP contribution is -2.12. The van der Waals surface area contributed by atoms with Crippen molar-refractivity contribution in [2.24, 2.45) is 15.0 Å². The van der Waals surface area contributed by atoms with Crippen LogP contribution in [-0.4, -0.2) is 18.4 Å². The van der Waals surface area contributed by atoms with E-state index in [0.29, 0.717) is 18.2 Å². The molecule has 0 atom stereocenters. The summed E-state index contributed by atoms with van der Waals surface area (Å²) in [6, 6.07) is 44.6. The van der Waals surface area contributed by atoms with Gasteiger partial charge in [-0.25, -0.2) is 9.98 Å². The molecule has 8 aromatic rings. The Balaban J connectivity index is 1.13. The van der Waals surface area contributed by atoms with Crippen LogP contribution in [0.5, 0.6) is 0 Å². The van der Waals surface area contributed by atoms with Crippen LogP contribution in [0, 0.1) is 0 Å². The van der Waals surface area contributed by atoms with Crippen molar-refractivity contribution in [3.05, 3.63) is 167 Å². The zero-order chi connectivity index (χ0) is 35.3. The molecule has 0 saturated carbocycles. The van der Waals surface area contributed by atoms with E-state index in [1.165, 1.54) is 27.3 Å². The van der Waals surface area contributed by atoms with Crippen molar-refractivity contribution in [2.45, 2.75) is 32.2 Å². The second-order valence-corrected chi connectivity index (χ2v) is 13.8. The third-order valence-corrected chi connectivity index (χ3v) is 10.6. The molecule has 0 aliphatic heterocycles. The van der Waals surface area contributed by atoms with E-state index in [1.54, 1.807) is 0 Å². The number of benzene rings is 6. The fraction of sp³-hybridized carbons (Fsp3) is 0.104. The van der Waals surface area contributed by atoms with Crippen molar-refractivity contribution in [1.82, 2.24) is 0 Å². The Morgan fingerprint density at radius 2 is 1.43 bits per heavy atom. The van der Waals surface area contributed by atoms with Gasteiger partial charge >= 0.3 is 0 Å². The maximum absolute atomic E-state index is 6.77. The van der Waals surface area contributed by atoms with Crippen LogP contribution in [0.1, 0.15) is 41.1 Å². The summed E-state index contributed by atoms with van der Waals surface area (Å²) in [6.07, 6.45) is 7.59. The van der Waals surface area contributed by atoms with Crippen LogP contribution in [0.15, 0.2) is 163 Å². The molecule has 5 heteroatoms. The molecule has 0 unspecified atom stereocenters. The standard InChI is InChI=1S/C48H35N3O2/c1-49-48(51-47(50-29-30-12-3-2-4-13-30)34-24-25-37-36-17-9-10-20-42(36)52-44(37)27-34)39-19-11-21-43-45(39)41-28-40(35-16-7-8-18-38(35)46(41)53-43)33-23-22-31-14-5-6-15-32(31)26-33/h2-10,12-20,22-23,26-28H,1,11,21,24-25,29H2. The van der Waals surface area contributed by atoms with Crippen LogP contribution in [0.4, 0.5) is 0 Å². The lowest BCUT2D eigenvalue weighted by Gasteiger charge is -2.16. The van der Waals surface area contributed by atoms with Crippen LogP contribution in [-0.2, 0) is 19.4 Å². The molecule has 53 heavy (non-hydrogen) atoms. The van der Waals surface area contributed by atoms with Crippen LogP contribution in [0.2, 0.25) is 0 Å². The minimum absolute atomic E-state index is 0.495. The summed E-state index contributed by atoms with van der Waals surface area (Å²) < 4.78 is 13.1. The SMILES string of the molecule is C=NC(=NC(=NCc1ccccc1)C1=Cc2oc3ccccc3c2CC1)C1=CCCc2oc3c(cc(-c4ccc5ccccc5c4)c4ccccc43)c21. The number of amidine groups is 2. The molecule has 0 N–H and O–H groups in total. The zero-order valence-electron chi connectivity index (χ0n) is 29.2. The molecule has 10 rings (SSSR count). The molecule has 2 aromatic heterocycles. The van der Waals surface area contributed by atoms with Crippen LogP contribution in [0.25, 0.3) is 66.3 Å². The Bertz CT molecular complexity index is 2880. The Labute approximate surface area is 307 Å². The van der Waals surface area contributed by atoms with E-state index in [9.17, 15) is 0 Å². The highest BCUT2D eigenvalue weighted by atomic mass is 16.3. The number of para-hydroxylation sites is 1. The molecule has 6 aromatic carbocycles. The van der Waals surface area contributed by atoms with Crippen LogP contribution < -0.4 is 0 Å². The maximum Gasteiger partial charge on any atom is 0.161 e. The van der Waals surface area contributed by atoms with Gasteiger partial charge < -0.3 is 8.83 Å². The summed E-state index contributed by atoms with van der Waals surface area (Å²) in [5.41, 5.74) is 9.44. The topological polar surface area (TPSA) is 63.4 Å². The molecule has 0 saturated heterocycles. The molecule has 2 aliphatic rings. The fourth-order valence-corrected chi connectivity index (χ4v) is 8.09. The molecule has 0 spiro atoms. The maximum atomic E-state index is 6.77. The predicted octanol–water partition coefficient (Wildman–Crippen LogP) is 12.2. The first kappa shape index (κ1) is 31.2. The normalized spacial score (nSPS) is 14.7. The Kier molecular flexibility index (Phi) is 7.57. The quantitative estimate of drug-likeness (QED) is 0.134. The van der Waals surface area contributed by atoms with E-state index in [1.807, 2.05) is 30.3 Å². The first-order valence-electron chi connectivity index (χ1n) is 18.2. The van der Waals surface area contributed by atoms with E-state index in [-0.39, 0.29) is 0 Å².